The lowest BCUT2D eigenvalue weighted by atomic mass is 10.1. The molecule has 346 valence electrons. The molecule has 0 radical (unpaired) electrons. The van der Waals surface area contributed by atoms with Crippen molar-refractivity contribution >= 4 is 19.8 Å². The standard InChI is InChI=1S/C50H82NO9P/c1-6-8-10-11-12-13-14-15-16-17-18-19-20-21-22-26-29-32-36-40-49(52)56-44-46(45-58-61(54,55)57-43-42-51(3,4)5)59-50(53)41-37-33-30-27-24-23-25-28-31-35-39-48-47(60-48)38-34-9-7-2/h12-13,15-16,18-19,21-23,25,27,29-32,35,46-48H,6-11,14,17,20,24,26,28,33-34,36-45H2,1-5H3/b13-12-,16-15-,19-18-,22-21-,25-23-,30-27-,32-29-,35-31-/t46-,47?,48?/m1/s1. The molecule has 3 unspecified atom stereocenters. The molecule has 0 N–H and O–H groups in total. The Morgan fingerprint density at radius 3 is 1.67 bits per heavy atom. The van der Waals surface area contributed by atoms with Gasteiger partial charge in [-0.05, 0) is 83.5 Å². The van der Waals surface area contributed by atoms with Crippen molar-refractivity contribution in [2.75, 3.05) is 47.5 Å². The van der Waals surface area contributed by atoms with Gasteiger partial charge in [-0.3, -0.25) is 14.2 Å². The Bertz CT molecular complexity index is 1420. The number of quaternary nitrogens is 1. The summed E-state index contributed by atoms with van der Waals surface area (Å²) in [5, 5.41) is 0. The fourth-order valence-corrected chi connectivity index (χ4v) is 6.51. The predicted octanol–water partition coefficient (Wildman–Crippen LogP) is 11.7. The maximum absolute atomic E-state index is 12.7. The summed E-state index contributed by atoms with van der Waals surface area (Å²) in [5.41, 5.74) is 0. The number of carbonyl (C=O) groups excluding carboxylic acids is 2. The van der Waals surface area contributed by atoms with Gasteiger partial charge in [0.05, 0.1) is 40.0 Å². The van der Waals surface area contributed by atoms with Crippen molar-refractivity contribution in [2.45, 2.75) is 161 Å². The zero-order chi connectivity index (χ0) is 44.7. The lowest BCUT2D eigenvalue weighted by molar-refractivity contribution is -0.870. The van der Waals surface area contributed by atoms with Gasteiger partial charge >= 0.3 is 11.9 Å². The molecule has 10 nitrogen and oxygen atoms in total. The molecule has 1 heterocycles. The van der Waals surface area contributed by atoms with Crippen LogP contribution in [0.4, 0.5) is 0 Å². The van der Waals surface area contributed by atoms with Gasteiger partial charge in [0.1, 0.15) is 19.8 Å². The predicted molar refractivity (Wildman–Crippen MR) is 249 cm³/mol. The van der Waals surface area contributed by atoms with Crippen LogP contribution >= 0.6 is 7.82 Å². The molecule has 11 heteroatoms. The summed E-state index contributed by atoms with van der Waals surface area (Å²) in [4.78, 5) is 37.5. The second-order valence-corrected chi connectivity index (χ2v) is 17.9. The molecule has 1 aliphatic heterocycles. The molecule has 0 spiro atoms. The summed E-state index contributed by atoms with van der Waals surface area (Å²) >= 11 is 0. The van der Waals surface area contributed by atoms with Crippen LogP contribution < -0.4 is 4.89 Å². The number of rotatable bonds is 39. The minimum absolute atomic E-state index is 0.0596. The van der Waals surface area contributed by atoms with Gasteiger partial charge < -0.3 is 32.6 Å². The first-order chi connectivity index (χ1) is 29.5. The van der Waals surface area contributed by atoms with Crippen LogP contribution in [0.2, 0.25) is 0 Å². The second-order valence-electron chi connectivity index (χ2n) is 16.4. The monoisotopic (exact) mass is 872 g/mol. The van der Waals surface area contributed by atoms with E-state index in [4.69, 9.17) is 23.3 Å². The van der Waals surface area contributed by atoms with E-state index in [9.17, 15) is 19.0 Å². The smallest absolute Gasteiger partial charge is 0.306 e. The number of hydrogen-bond donors (Lipinski definition) is 0. The first-order valence-corrected chi connectivity index (χ1v) is 24.5. The third kappa shape index (κ3) is 38.3. The van der Waals surface area contributed by atoms with E-state index in [0.29, 0.717) is 42.5 Å². The molecule has 1 fully saturated rings. The van der Waals surface area contributed by atoms with E-state index < -0.39 is 32.5 Å². The molecule has 0 aromatic rings. The number of phosphoric ester groups is 1. The third-order valence-corrected chi connectivity index (χ3v) is 10.5. The lowest BCUT2D eigenvalue weighted by Gasteiger charge is -2.28. The molecule has 0 saturated carbocycles. The molecule has 1 aliphatic rings. The number of hydrogen-bond acceptors (Lipinski definition) is 9. The number of esters is 2. The van der Waals surface area contributed by atoms with E-state index in [1.54, 1.807) is 0 Å². The summed E-state index contributed by atoms with van der Waals surface area (Å²) in [6.07, 6.45) is 52.0. The highest BCUT2D eigenvalue weighted by Gasteiger charge is 2.36. The second kappa shape index (κ2) is 37.4. The van der Waals surface area contributed by atoms with E-state index in [0.717, 1.165) is 44.9 Å². The Kier molecular flexibility index (Phi) is 34.3. The summed E-state index contributed by atoms with van der Waals surface area (Å²) < 4.78 is 39.5. The van der Waals surface area contributed by atoms with Crippen LogP contribution in [0.1, 0.15) is 142 Å². The number of carbonyl (C=O) groups is 2. The number of likely N-dealkylation sites (N-methyl/N-ethyl adjacent to an activating group) is 1. The summed E-state index contributed by atoms with van der Waals surface area (Å²) in [6, 6.07) is 0. The third-order valence-electron chi connectivity index (χ3n) is 9.51. The van der Waals surface area contributed by atoms with Gasteiger partial charge in [0.15, 0.2) is 6.10 Å². The summed E-state index contributed by atoms with van der Waals surface area (Å²) in [5.74, 6) is -1.01. The fraction of sp³-hybridized carbons (Fsp3) is 0.640. The average molecular weight is 872 g/mol. The van der Waals surface area contributed by atoms with Gasteiger partial charge in [-0.1, -0.05) is 143 Å². The van der Waals surface area contributed by atoms with Gasteiger partial charge in [0.2, 0.25) is 0 Å². The van der Waals surface area contributed by atoms with Crippen LogP contribution in [0.25, 0.3) is 0 Å². The van der Waals surface area contributed by atoms with E-state index in [2.05, 4.69) is 92.8 Å². The van der Waals surface area contributed by atoms with Crippen LogP contribution in [0.5, 0.6) is 0 Å². The Morgan fingerprint density at radius 1 is 0.607 bits per heavy atom. The number of allylic oxidation sites excluding steroid dienone is 15. The molecule has 61 heavy (non-hydrogen) atoms. The van der Waals surface area contributed by atoms with E-state index in [1.165, 1.54) is 51.4 Å². The molecule has 1 saturated heterocycles. The van der Waals surface area contributed by atoms with Gasteiger partial charge in [-0.25, -0.2) is 0 Å². The SMILES string of the molecule is CCCCC/C=C\C/C=C\C/C=C\C/C=C\C/C=C\CCC(=O)OC[C@H](COP(=O)([O-])OCC[N+](C)(C)C)OC(=O)CCC/C=C\C/C=C\C/C=C\CC1OC1CCCCC. The van der Waals surface area contributed by atoms with Crippen LogP contribution in [0.3, 0.4) is 0 Å². The van der Waals surface area contributed by atoms with Crippen molar-refractivity contribution in [3.63, 3.8) is 0 Å². The Labute approximate surface area is 370 Å². The lowest BCUT2D eigenvalue weighted by Crippen LogP contribution is -2.37. The zero-order valence-corrected chi connectivity index (χ0v) is 39.4. The highest BCUT2D eigenvalue weighted by molar-refractivity contribution is 7.45. The van der Waals surface area contributed by atoms with Gasteiger partial charge in [-0.2, -0.15) is 0 Å². The molecular weight excluding hydrogens is 790 g/mol. The van der Waals surface area contributed by atoms with Crippen molar-refractivity contribution in [3.05, 3.63) is 97.2 Å². The van der Waals surface area contributed by atoms with Crippen molar-refractivity contribution in [3.8, 4) is 0 Å². The van der Waals surface area contributed by atoms with E-state index in [1.807, 2.05) is 39.4 Å². The fourth-order valence-electron chi connectivity index (χ4n) is 5.78. The first kappa shape index (κ1) is 55.9. The molecule has 4 atom stereocenters. The molecule has 1 rings (SSSR count). The Balaban J connectivity index is 2.37. The van der Waals surface area contributed by atoms with Crippen LogP contribution in [-0.2, 0) is 37.4 Å². The Hall–Kier alpha value is -3.11. The van der Waals surface area contributed by atoms with Crippen molar-refractivity contribution < 1.29 is 46.8 Å². The molecular formula is C50H82NO9P. The quantitative estimate of drug-likeness (QED) is 0.0148. The van der Waals surface area contributed by atoms with Crippen LogP contribution in [0.15, 0.2) is 97.2 Å². The maximum atomic E-state index is 12.7. The first-order valence-electron chi connectivity index (χ1n) is 23.1. The molecule has 0 aromatic carbocycles. The number of nitrogens with zero attached hydrogens (tertiary/aromatic N) is 1. The largest absolute Gasteiger partial charge is 0.756 e. The summed E-state index contributed by atoms with van der Waals surface area (Å²) in [7, 11) is 1.07. The normalized spacial score (nSPS) is 17.7. The molecule has 0 aliphatic carbocycles. The minimum atomic E-state index is -4.67. The van der Waals surface area contributed by atoms with Crippen LogP contribution in [0, 0.1) is 0 Å². The molecule has 0 bridgehead atoms. The number of epoxide rings is 1. The summed E-state index contributed by atoms with van der Waals surface area (Å²) in [6.45, 7) is 3.98. The van der Waals surface area contributed by atoms with E-state index in [-0.39, 0.29) is 26.1 Å². The number of phosphoric acid groups is 1. The molecule has 0 amide bonds. The Morgan fingerprint density at radius 2 is 1.11 bits per heavy atom. The molecule has 0 aromatic heterocycles. The minimum Gasteiger partial charge on any atom is -0.756 e. The average Bonchev–Trinajstić information content (AvgIpc) is 3.97. The van der Waals surface area contributed by atoms with Gasteiger partial charge in [0.25, 0.3) is 7.82 Å². The van der Waals surface area contributed by atoms with Gasteiger partial charge in [0, 0.05) is 12.8 Å². The van der Waals surface area contributed by atoms with Gasteiger partial charge in [-0.15, -0.1) is 0 Å². The van der Waals surface area contributed by atoms with Crippen molar-refractivity contribution in [1.82, 2.24) is 0 Å². The number of ether oxygens (including phenoxy) is 3. The maximum Gasteiger partial charge on any atom is 0.306 e. The topological polar surface area (TPSA) is 124 Å². The number of unbranched alkanes of at least 4 members (excludes halogenated alkanes) is 6. The van der Waals surface area contributed by atoms with Crippen LogP contribution in [-0.4, -0.2) is 82.2 Å². The highest BCUT2D eigenvalue weighted by atomic mass is 31.2. The zero-order valence-electron chi connectivity index (χ0n) is 38.5. The van der Waals surface area contributed by atoms with E-state index >= 15 is 0 Å². The van der Waals surface area contributed by atoms with Crippen molar-refractivity contribution in [2.24, 2.45) is 0 Å². The highest BCUT2D eigenvalue weighted by Crippen LogP contribution is 2.38. The van der Waals surface area contributed by atoms with Crippen molar-refractivity contribution in [1.29, 1.82) is 0 Å².